The highest BCUT2D eigenvalue weighted by Crippen LogP contribution is 2.30. The van der Waals surface area contributed by atoms with Crippen molar-refractivity contribution in [2.24, 2.45) is 0 Å². The first-order chi connectivity index (χ1) is 11.8. The van der Waals surface area contributed by atoms with E-state index in [0.717, 1.165) is 24.3 Å². The van der Waals surface area contributed by atoms with Crippen molar-refractivity contribution in [3.63, 3.8) is 0 Å². The van der Waals surface area contributed by atoms with Gasteiger partial charge in [-0.05, 0) is 36.4 Å². The molecule has 2 aromatic rings. The number of benzene rings is 2. The van der Waals surface area contributed by atoms with Crippen molar-refractivity contribution < 1.29 is 32.2 Å². The Morgan fingerprint density at radius 2 is 1.68 bits per heavy atom. The second kappa shape index (κ2) is 7.69. The number of hydrogen-bond acceptors (Lipinski definition) is 4. The Balaban J connectivity index is 1.97. The average molecular weight is 353 g/mol. The zero-order valence-corrected chi connectivity index (χ0v) is 13.1. The summed E-state index contributed by atoms with van der Waals surface area (Å²) in [5.41, 5.74) is -0.389. The molecule has 1 amide bonds. The van der Waals surface area contributed by atoms with E-state index >= 15 is 0 Å². The van der Waals surface area contributed by atoms with Crippen molar-refractivity contribution in [1.29, 1.82) is 0 Å². The van der Waals surface area contributed by atoms with Gasteiger partial charge in [0.25, 0.3) is 5.91 Å². The number of methoxy groups -OCH3 is 1. The molecule has 2 aromatic carbocycles. The van der Waals surface area contributed by atoms with Crippen LogP contribution < -0.4 is 10.1 Å². The van der Waals surface area contributed by atoms with Gasteiger partial charge in [-0.1, -0.05) is 12.1 Å². The first-order valence-corrected chi connectivity index (χ1v) is 7.08. The molecular formula is C17H14F3NO4. The topological polar surface area (TPSA) is 64.6 Å². The number of amides is 1. The Bertz CT molecular complexity index is 757. The number of carbonyl (C=O) groups is 2. The fraction of sp³-hybridized carbons (Fsp3) is 0.176. The van der Waals surface area contributed by atoms with Crippen molar-refractivity contribution in [1.82, 2.24) is 0 Å². The Kier molecular flexibility index (Phi) is 5.63. The van der Waals surface area contributed by atoms with Crippen molar-refractivity contribution in [3.05, 3.63) is 59.7 Å². The Hall–Kier alpha value is -3.03. The summed E-state index contributed by atoms with van der Waals surface area (Å²) < 4.78 is 47.1. The monoisotopic (exact) mass is 353 g/mol. The van der Waals surface area contributed by atoms with E-state index in [9.17, 15) is 22.8 Å². The molecule has 0 aliphatic rings. The molecule has 0 saturated heterocycles. The molecule has 25 heavy (non-hydrogen) atoms. The van der Waals surface area contributed by atoms with Crippen molar-refractivity contribution in [2.75, 3.05) is 19.0 Å². The molecule has 5 nitrogen and oxygen atoms in total. The second-order valence-electron chi connectivity index (χ2n) is 4.90. The molecule has 8 heteroatoms. The number of nitrogens with one attached hydrogen (secondary N) is 1. The average Bonchev–Trinajstić information content (AvgIpc) is 2.59. The van der Waals surface area contributed by atoms with E-state index in [-0.39, 0.29) is 17.0 Å². The number of anilines is 1. The van der Waals surface area contributed by atoms with Crippen LogP contribution in [0.15, 0.2) is 48.5 Å². The number of esters is 1. The minimum Gasteiger partial charge on any atom is -0.484 e. The van der Waals surface area contributed by atoms with E-state index in [1.54, 1.807) is 12.1 Å². The first kappa shape index (κ1) is 18.3. The van der Waals surface area contributed by atoms with Crippen LogP contribution in [0.1, 0.15) is 15.9 Å². The molecule has 1 N–H and O–H groups in total. The van der Waals surface area contributed by atoms with Gasteiger partial charge in [0.2, 0.25) is 0 Å². The molecule has 0 radical (unpaired) electrons. The third-order valence-electron chi connectivity index (χ3n) is 3.16. The molecule has 0 heterocycles. The number of hydrogen-bond donors (Lipinski definition) is 1. The molecule has 0 aliphatic heterocycles. The van der Waals surface area contributed by atoms with Crippen LogP contribution in [0.3, 0.4) is 0 Å². The smallest absolute Gasteiger partial charge is 0.416 e. The Morgan fingerprint density at radius 3 is 2.28 bits per heavy atom. The molecule has 0 aromatic heterocycles. The predicted octanol–water partition coefficient (Wildman–Crippen LogP) is 3.51. The zero-order chi connectivity index (χ0) is 18.4. The minimum absolute atomic E-state index is 0.115. The quantitative estimate of drug-likeness (QED) is 0.836. The van der Waals surface area contributed by atoms with Gasteiger partial charge in [-0.25, -0.2) is 4.79 Å². The van der Waals surface area contributed by atoms with Gasteiger partial charge in [-0.3, -0.25) is 4.79 Å². The van der Waals surface area contributed by atoms with E-state index in [0.29, 0.717) is 0 Å². The van der Waals surface area contributed by atoms with Crippen molar-refractivity contribution in [3.8, 4) is 5.75 Å². The lowest BCUT2D eigenvalue weighted by Gasteiger charge is -2.11. The lowest BCUT2D eigenvalue weighted by atomic mass is 10.2. The summed E-state index contributed by atoms with van der Waals surface area (Å²) in [5.74, 6) is -1.07. The minimum atomic E-state index is -4.44. The lowest BCUT2D eigenvalue weighted by molar-refractivity contribution is -0.137. The molecule has 0 saturated carbocycles. The first-order valence-electron chi connectivity index (χ1n) is 7.08. The maximum atomic E-state index is 12.5. The highest BCUT2D eigenvalue weighted by Gasteiger charge is 2.30. The van der Waals surface area contributed by atoms with Crippen LogP contribution in [0.5, 0.6) is 5.75 Å². The van der Waals surface area contributed by atoms with Crippen LogP contribution in [0.2, 0.25) is 0 Å². The number of para-hydroxylation sites is 1. The van der Waals surface area contributed by atoms with Crippen LogP contribution in [0.25, 0.3) is 0 Å². The second-order valence-corrected chi connectivity index (χ2v) is 4.90. The van der Waals surface area contributed by atoms with E-state index in [4.69, 9.17) is 4.74 Å². The van der Waals surface area contributed by atoms with Gasteiger partial charge in [-0.2, -0.15) is 13.2 Å². The van der Waals surface area contributed by atoms with E-state index in [1.807, 2.05) is 0 Å². The highest BCUT2D eigenvalue weighted by molar-refractivity contribution is 6.01. The van der Waals surface area contributed by atoms with Crippen LogP contribution in [-0.2, 0) is 15.7 Å². The predicted molar refractivity (Wildman–Crippen MR) is 83.4 cm³/mol. The maximum Gasteiger partial charge on any atom is 0.416 e. The maximum absolute atomic E-state index is 12.5. The summed E-state index contributed by atoms with van der Waals surface area (Å²) in [7, 11) is 1.22. The molecule has 2 rings (SSSR count). The number of halogens is 3. The molecule has 0 spiro atoms. The van der Waals surface area contributed by atoms with E-state index in [2.05, 4.69) is 10.1 Å². The van der Waals surface area contributed by atoms with Gasteiger partial charge in [-0.15, -0.1) is 0 Å². The normalized spacial score (nSPS) is 10.9. The summed E-state index contributed by atoms with van der Waals surface area (Å²) in [4.78, 5) is 23.5. The van der Waals surface area contributed by atoms with Crippen LogP contribution in [0.4, 0.5) is 18.9 Å². The number of alkyl halides is 3. The molecule has 0 unspecified atom stereocenters. The van der Waals surface area contributed by atoms with E-state index < -0.39 is 30.2 Å². The fourth-order valence-electron chi connectivity index (χ4n) is 1.96. The molecule has 0 atom stereocenters. The van der Waals surface area contributed by atoms with Crippen LogP contribution in [-0.4, -0.2) is 25.6 Å². The van der Waals surface area contributed by atoms with Crippen molar-refractivity contribution >= 4 is 17.6 Å². The fourth-order valence-corrected chi connectivity index (χ4v) is 1.96. The summed E-state index contributed by atoms with van der Waals surface area (Å²) in [5, 5.41) is 2.49. The van der Waals surface area contributed by atoms with Gasteiger partial charge in [0.05, 0.1) is 23.9 Å². The van der Waals surface area contributed by atoms with Gasteiger partial charge in [0.1, 0.15) is 5.75 Å². The van der Waals surface area contributed by atoms with Crippen LogP contribution in [0, 0.1) is 0 Å². The zero-order valence-electron chi connectivity index (χ0n) is 13.1. The largest absolute Gasteiger partial charge is 0.484 e. The summed E-state index contributed by atoms with van der Waals surface area (Å²) in [6.45, 7) is -0.430. The third kappa shape index (κ3) is 4.97. The van der Waals surface area contributed by atoms with Gasteiger partial charge < -0.3 is 14.8 Å². The standard InChI is InChI=1S/C17H14F3NO4/c1-24-16(23)13-4-2-3-5-14(13)21-15(22)10-25-12-8-6-11(7-9-12)17(18,19)20/h2-9H,10H2,1H3,(H,21,22). The molecule has 132 valence electrons. The van der Waals surface area contributed by atoms with Gasteiger partial charge >= 0.3 is 12.1 Å². The van der Waals surface area contributed by atoms with Crippen molar-refractivity contribution in [2.45, 2.75) is 6.18 Å². The number of ether oxygens (including phenoxy) is 2. The SMILES string of the molecule is COC(=O)c1ccccc1NC(=O)COc1ccc(C(F)(F)F)cc1. The molecular weight excluding hydrogens is 339 g/mol. The third-order valence-corrected chi connectivity index (χ3v) is 3.16. The Labute approximate surface area is 141 Å². The number of rotatable bonds is 5. The number of carbonyl (C=O) groups excluding carboxylic acids is 2. The molecule has 0 aliphatic carbocycles. The van der Waals surface area contributed by atoms with E-state index in [1.165, 1.54) is 19.2 Å². The Morgan fingerprint density at radius 1 is 1.04 bits per heavy atom. The molecule has 0 fully saturated rings. The highest BCUT2D eigenvalue weighted by atomic mass is 19.4. The lowest BCUT2D eigenvalue weighted by Crippen LogP contribution is -2.21. The van der Waals surface area contributed by atoms with Crippen LogP contribution >= 0.6 is 0 Å². The summed E-state index contributed by atoms with van der Waals surface area (Å²) in [6.07, 6.45) is -4.44. The van der Waals surface area contributed by atoms with Gasteiger partial charge in [0, 0.05) is 0 Å². The summed E-state index contributed by atoms with van der Waals surface area (Å²) in [6, 6.07) is 10.2. The molecule has 0 bridgehead atoms. The van der Waals surface area contributed by atoms with Gasteiger partial charge in [0.15, 0.2) is 6.61 Å². The summed E-state index contributed by atoms with van der Waals surface area (Å²) >= 11 is 0.